The Morgan fingerprint density at radius 2 is 1.96 bits per heavy atom. The molecular formula is C16H15N3O4. The van der Waals surface area contributed by atoms with Gasteiger partial charge in [-0.3, -0.25) is 25.4 Å². The molecule has 2 aromatic rings. The van der Waals surface area contributed by atoms with Crippen molar-refractivity contribution < 1.29 is 19.1 Å². The van der Waals surface area contributed by atoms with Gasteiger partial charge in [-0.2, -0.15) is 0 Å². The van der Waals surface area contributed by atoms with Crippen molar-refractivity contribution in [1.29, 1.82) is 0 Å². The van der Waals surface area contributed by atoms with Crippen molar-refractivity contribution >= 4 is 11.8 Å². The van der Waals surface area contributed by atoms with Gasteiger partial charge in [0.1, 0.15) is 5.69 Å². The Kier molecular flexibility index (Phi) is 4.37. The summed E-state index contributed by atoms with van der Waals surface area (Å²) in [6.45, 7) is 0.221. The van der Waals surface area contributed by atoms with Gasteiger partial charge in [-0.15, -0.1) is 0 Å². The largest absolute Gasteiger partial charge is 0.454 e. The summed E-state index contributed by atoms with van der Waals surface area (Å²) < 4.78 is 10.5. The number of benzene rings is 1. The van der Waals surface area contributed by atoms with Crippen LogP contribution in [0.4, 0.5) is 0 Å². The number of rotatable bonds is 4. The van der Waals surface area contributed by atoms with Crippen molar-refractivity contribution in [3.05, 3.63) is 53.9 Å². The summed E-state index contributed by atoms with van der Waals surface area (Å²) in [5.41, 5.74) is 5.90. The molecule has 0 unspecified atom stereocenters. The van der Waals surface area contributed by atoms with E-state index in [1.54, 1.807) is 18.2 Å². The molecule has 7 nitrogen and oxygen atoms in total. The van der Waals surface area contributed by atoms with Gasteiger partial charge in [-0.05, 0) is 36.2 Å². The van der Waals surface area contributed by atoms with E-state index in [4.69, 9.17) is 9.47 Å². The molecule has 0 aliphatic carbocycles. The van der Waals surface area contributed by atoms with E-state index in [0.29, 0.717) is 17.9 Å². The van der Waals surface area contributed by atoms with E-state index in [2.05, 4.69) is 15.8 Å². The summed E-state index contributed by atoms with van der Waals surface area (Å²) in [6, 6.07) is 10.5. The highest BCUT2D eigenvalue weighted by Gasteiger charge is 2.14. The van der Waals surface area contributed by atoms with Gasteiger partial charge in [-0.25, -0.2) is 0 Å². The van der Waals surface area contributed by atoms with E-state index in [-0.39, 0.29) is 24.8 Å². The second-order valence-corrected chi connectivity index (χ2v) is 4.90. The predicted octanol–water partition coefficient (Wildman–Crippen LogP) is 1.20. The fourth-order valence-corrected chi connectivity index (χ4v) is 2.10. The summed E-state index contributed by atoms with van der Waals surface area (Å²) >= 11 is 0. The Hall–Kier alpha value is -3.09. The van der Waals surface area contributed by atoms with Crippen molar-refractivity contribution in [2.45, 2.75) is 12.8 Å². The van der Waals surface area contributed by atoms with Crippen molar-refractivity contribution in [3.63, 3.8) is 0 Å². The molecule has 0 saturated carbocycles. The summed E-state index contributed by atoms with van der Waals surface area (Å²) in [5, 5.41) is 0. The first-order valence-corrected chi connectivity index (χ1v) is 7.11. The van der Waals surface area contributed by atoms with E-state index < -0.39 is 5.91 Å². The average molecular weight is 313 g/mol. The molecule has 0 saturated heterocycles. The summed E-state index contributed by atoms with van der Waals surface area (Å²) in [7, 11) is 0. The minimum atomic E-state index is -0.456. The van der Waals surface area contributed by atoms with Crippen molar-refractivity contribution in [1.82, 2.24) is 15.8 Å². The maximum Gasteiger partial charge on any atom is 0.288 e. The van der Waals surface area contributed by atoms with Crippen LogP contribution in [0.25, 0.3) is 0 Å². The average Bonchev–Trinajstić information content (AvgIpc) is 3.06. The van der Waals surface area contributed by atoms with Crippen LogP contribution in [0.2, 0.25) is 0 Å². The quantitative estimate of drug-likeness (QED) is 0.828. The van der Waals surface area contributed by atoms with Crippen LogP contribution < -0.4 is 20.3 Å². The van der Waals surface area contributed by atoms with Gasteiger partial charge in [0.05, 0.1) is 0 Å². The monoisotopic (exact) mass is 313 g/mol. The molecule has 0 bridgehead atoms. The Balaban J connectivity index is 1.46. The Bertz CT molecular complexity index is 719. The zero-order chi connectivity index (χ0) is 16.1. The number of hydrazine groups is 1. The van der Waals surface area contributed by atoms with Gasteiger partial charge in [0.15, 0.2) is 11.5 Å². The van der Waals surface area contributed by atoms with Crippen LogP contribution in [0, 0.1) is 0 Å². The smallest absolute Gasteiger partial charge is 0.288 e. The van der Waals surface area contributed by atoms with E-state index in [9.17, 15) is 9.59 Å². The third kappa shape index (κ3) is 3.76. The van der Waals surface area contributed by atoms with Crippen LogP contribution in [0.3, 0.4) is 0 Å². The van der Waals surface area contributed by atoms with Gasteiger partial charge >= 0.3 is 0 Å². The topological polar surface area (TPSA) is 89.5 Å². The molecule has 2 N–H and O–H groups in total. The molecule has 23 heavy (non-hydrogen) atoms. The maximum atomic E-state index is 11.8. The number of nitrogens with zero attached hydrogens (tertiary/aromatic N) is 1. The Morgan fingerprint density at radius 1 is 1.09 bits per heavy atom. The van der Waals surface area contributed by atoms with E-state index >= 15 is 0 Å². The second kappa shape index (κ2) is 6.78. The van der Waals surface area contributed by atoms with Gasteiger partial charge < -0.3 is 9.47 Å². The molecule has 1 aromatic carbocycles. The molecule has 0 spiro atoms. The molecule has 118 valence electrons. The zero-order valence-electron chi connectivity index (χ0n) is 12.2. The second-order valence-electron chi connectivity index (χ2n) is 4.90. The number of aromatic nitrogens is 1. The lowest BCUT2D eigenvalue weighted by Crippen LogP contribution is -2.42. The number of nitrogens with one attached hydrogen (secondary N) is 2. The summed E-state index contributed by atoms with van der Waals surface area (Å²) in [6.07, 6.45) is 2.28. The fourth-order valence-electron chi connectivity index (χ4n) is 2.10. The van der Waals surface area contributed by atoms with Crippen LogP contribution in [-0.4, -0.2) is 23.6 Å². The van der Waals surface area contributed by atoms with Crippen LogP contribution in [0.1, 0.15) is 22.5 Å². The van der Waals surface area contributed by atoms with Crippen LogP contribution >= 0.6 is 0 Å². The van der Waals surface area contributed by atoms with Gasteiger partial charge in [0.25, 0.3) is 5.91 Å². The number of fused-ring (bicyclic) bond motifs is 1. The number of hydrogen-bond donors (Lipinski definition) is 2. The van der Waals surface area contributed by atoms with Crippen LogP contribution in [-0.2, 0) is 11.2 Å². The van der Waals surface area contributed by atoms with Gasteiger partial charge in [-0.1, -0.05) is 12.1 Å². The fraction of sp³-hybridized carbons (Fsp3) is 0.188. The molecule has 0 fully saturated rings. The highest BCUT2D eigenvalue weighted by molar-refractivity contribution is 5.93. The first-order chi connectivity index (χ1) is 11.2. The molecule has 3 rings (SSSR count). The normalized spacial score (nSPS) is 11.8. The van der Waals surface area contributed by atoms with Crippen LogP contribution in [0.15, 0.2) is 42.6 Å². The van der Waals surface area contributed by atoms with Crippen LogP contribution in [0.5, 0.6) is 11.5 Å². The number of amides is 2. The van der Waals surface area contributed by atoms with E-state index in [1.165, 1.54) is 6.20 Å². The lowest BCUT2D eigenvalue weighted by atomic mass is 10.1. The molecule has 7 heteroatoms. The Labute approximate surface area is 132 Å². The lowest BCUT2D eigenvalue weighted by molar-refractivity contribution is -0.121. The number of hydrogen-bond acceptors (Lipinski definition) is 5. The van der Waals surface area contributed by atoms with Crippen molar-refractivity contribution in [2.75, 3.05) is 6.79 Å². The predicted molar refractivity (Wildman–Crippen MR) is 80.7 cm³/mol. The van der Waals surface area contributed by atoms with Gasteiger partial charge in [0, 0.05) is 12.6 Å². The summed E-state index contributed by atoms with van der Waals surface area (Å²) in [5.74, 6) is 0.654. The van der Waals surface area contributed by atoms with E-state index in [1.807, 2.05) is 18.2 Å². The minimum Gasteiger partial charge on any atom is -0.454 e. The number of aryl methyl sites for hydroxylation is 1. The SMILES string of the molecule is O=C(CCc1ccc2c(c1)OCO2)NNC(=O)c1ccccn1. The molecule has 0 radical (unpaired) electrons. The minimum absolute atomic E-state index is 0.221. The highest BCUT2D eigenvalue weighted by Crippen LogP contribution is 2.32. The number of carbonyl (C=O) groups is 2. The molecule has 2 heterocycles. The number of pyridine rings is 1. The van der Waals surface area contributed by atoms with E-state index in [0.717, 1.165) is 5.56 Å². The molecular weight excluding hydrogens is 298 g/mol. The van der Waals surface area contributed by atoms with Gasteiger partial charge in [0.2, 0.25) is 12.7 Å². The third-order valence-corrected chi connectivity index (χ3v) is 3.29. The molecule has 1 aliphatic heterocycles. The highest BCUT2D eigenvalue weighted by atomic mass is 16.7. The molecule has 2 amide bonds. The Morgan fingerprint density at radius 3 is 2.78 bits per heavy atom. The zero-order valence-corrected chi connectivity index (χ0v) is 12.2. The standard InChI is InChI=1S/C16H15N3O4/c20-15(18-19-16(21)12-3-1-2-8-17-12)7-5-11-4-6-13-14(9-11)23-10-22-13/h1-4,6,8-9H,5,7,10H2,(H,18,20)(H,19,21). The first-order valence-electron chi connectivity index (χ1n) is 7.11. The lowest BCUT2D eigenvalue weighted by Gasteiger charge is -2.07. The first kappa shape index (κ1) is 14.8. The third-order valence-electron chi connectivity index (χ3n) is 3.29. The number of ether oxygens (including phenoxy) is 2. The molecule has 0 atom stereocenters. The number of carbonyl (C=O) groups excluding carboxylic acids is 2. The van der Waals surface area contributed by atoms with Crippen molar-refractivity contribution in [2.24, 2.45) is 0 Å². The molecule has 1 aromatic heterocycles. The van der Waals surface area contributed by atoms with Crippen molar-refractivity contribution in [3.8, 4) is 11.5 Å². The maximum absolute atomic E-state index is 11.8. The summed E-state index contributed by atoms with van der Waals surface area (Å²) in [4.78, 5) is 27.4. The molecule has 1 aliphatic rings.